The Morgan fingerprint density at radius 1 is 1.31 bits per heavy atom. The molecule has 76 valence electrons. The lowest BCUT2D eigenvalue weighted by molar-refractivity contribution is 0.301. The van der Waals surface area contributed by atoms with Gasteiger partial charge in [-0.25, -0.2) is 0 Å². The van der Waals surface area contributed by atoms with Crippen molar-refractivity contribution in [3.05, 3.63) is 18.0 Å². The second-order valence-corrected chi connectivity index (χ2v) is 5.21. The van der Waals surface area contributed by atoms with Crippen LogP contribution in [0.3, 0.4) is 0 Å². The molecule has 0 spiro atoms. The van der Waals surface area contributed by atoms with Gasteiger partial charge in [0.05, 0.1) is 0 Å². The molecule has 0 rings (SSSR count). The highest BCUT2D eigenvalue weighted by atomic mass is 14.6. The molecule has 0 aliphatic rings. The standard InChI is InChI=1S/C12H22N/c1-10(11(2)9-13-6)7-8-12(3,4)5/h9-11H,7-8H2,1-5H3/q-1/t10?,11-/m0/s1. The summed E-state index contributed by atoms with van der Waals surface area (Å²) in [5, 5.41) is 0. The molecule has 0 aliphatic carbocycles. The molecular formula is C12H22N-. The van der Waals surface area contributed by atoms with E-state index in [0.717, 1.165) is 0 Å². The molecule has 1 nitrogen and oxygen atoms in total. The van der Waals surface area contributed by atoms with Crippen molar-refractivity contribution in [1.29, 1.82) is 0 Å². The van der Waals surface area contributed by atoms with Crippen LogP contribution in [-0.2, 0) is 0 Å². The fraction of sp³-hybridized carbons (Fsp3) is 0.833. The molecule has 0 aliphatic heterocycles. The summed E-state index contributed by atoms with van der Waals surface area (Å²) in [6, 6.07) is 0. The van der Waals surface area contributed by atoms with Gasteiger partial charge in [-0.3, -0.25) is 6.57 Å². The van der Waals surface area contributed by atoms with Gasteiger partial charge in [0.15, 0.2) is 0 Å². The smallest absolute Gasteiger partial charge is 0.0380 e. The summed E-state index contributed by atoms with van der Waals surface area (Å²) >= 11 is 0. The van der Waals surface area contributed by atoms with Crippen LogP contribution in [0.2, 0.25) is 0 Å². The van der Waals surface area contributed by atoms with E-state index in [-0.39, 0.29) is 0 Å². The Hall–Kier alpha value is -0.640. The maximum absolute atomic E-state index is 6.75. The molecule has 0 saturated heterocycles. The summed E-state index contributed by atoms with van der Waals surface area (Å²) in [6.07, 6.45) is 2.46. The van der Waals surface area contributed by atoms with Gasteiger partial charge in [-0.05, 0) is 18.4 Å². The van der Waals surface area contributed by atoms with E-state index in [1.165, 1.54) is 12.8 Å². The van der Waals surface area contributed by atoms with Gasteiger partial charge in [0.2, 0.25) is 0 Å². The molecule has 13 heavy (non-hydrogen) atoms. The quantitative estimate of drug-likeness (QED) is 0.572. The topological polar surface area (TPSA) is 4.36 Å². The van der Waals surface area contributed by atoms with Crippen LogP contribution in [0.5, 0.6) is 0 Å². The summed E-state index contributed by atoms with van der Waals surface area (Å²) in [5.74, 6) is 1.06. The van der Waals surface area contributed by atoms with Crippen LogP contribution in [0.4, 0.5) is 0 Å². The van der Waals surface area contributed by atoms with Gasteiger partial charge in [-0.2, -0.15) is 0 Å². The van der Waals surface area contributed by atoms with E-state index >= 15 is 0 Å². The van der Waals surface area contributed by atoms with Crippen LogP contribution in [0.1, 0.15) is 47.5 Å². The summed E-state index contributed by atoms with van der Waals surface area (Å²) in [6.45, 7) is 19.6. The molecule has 0 heterocycles. The highest BCUT2D eigenvalue weighted by molar-refractivity contribution is 4.84. The second-order valence-electron chi connectivity index (χ2n) is 5.21. The van der Waals surface area contributed by atoms with Crippen LogP contribution >= 0.6 is 0 Å². The van der Waals surface area contributed by atoms with Crippen LogP contribution in [0.25, 0.3) is 4.85 Å². The molecule has 0 radical (unpaired) electrons. The normalized spacial score (nSPS) is 16.0. The van der Waals surface area contributed by atoms with Crippen LogP contribution in [0, 0.1) is 30.4 Å². The lowest BCUT2D eigenvalue weighted by atomic mass is 9.83. The Labute approximate surface area is 83.4 Å². The van der Waals surface area contributed by atoms with Crippen molar-refractivity contribution in [2.24, 2.45) is 17.3 Å². The van der Waals surface area contributed by atoms with Crippen molar-refractivity contribution in [2.45, 2.75) is 47.5 Å². The highest BCUT2D eigenvalue weighted by Crippen LogP contribution is 2.27. The monoisotopic (exact) mass is 180 g/mol. The van der Waals surface area contributed by atoms with Crippen molar-refractivity contribution in [3.63, 3.8) is 0 Å². The van der Waals surface area contributed by atoms with Crippen molar-refractivity contribution >= 4 is 0 Å². The Balaban J connectivity index is 3.75. The lowest BCUT2D eigenvalue weighted by Gasteiger charge is -2.25. The molecule has 0 amide bonds. The van der Waals surface area contributed by atoms with Gasteiger partial charge in [0.1, 0.15) is 0 Å². The SMILES string of the molecule is [C-]#[N+][CH-][C@H](C)C(C)CCC(C)(C)C. The first kappa shape index (κ1) is 12.4. The summed E-state index contributed by atoms with van der Waals surface area (Å²) in [7, 11) is 0. The maximum atomic E-state index is 6.75. The van der Waals surface area contributed by atoms with Gasteiger partial charge in [0, 0.05) is 0 Å². The Bertz CT molecular complexity index is 171. The third-order valence-corrected chi connectivity index (χ3v) is 2.56. The number of nitrogens with zero attached hydrogens (tertiary/aromatic N) is 1. The molecular weight excluding hydrogens is 158 g/mol. The molecule has 0 fully saturated rings. The zero-order chi connectivity index (χ0) is 10.5. The molecule has 1 unspecified atom stereocenters. The van der Waals surface area contributed by atoms with E-state index in [4.69, 9.17) is 6.57 Å². The predicted molar refractivity (Wildman–Crippen MR) is 57.9 cm³/mol. The Kier molecular flexibility index (Phi) is 4.91. The summed E-state index contributed by atoms with van der Waals surface area (Å²) in [4.78, 5) is 3.33. The third-order valence-electron chi connectivity index (χ3n) is 2.56. The highest BCUT2D eigenvalue weighted by Gasteiger charge is 2.14. The van der Waals surface area contributed by atoms with Crippen molar-refractivity contribution in [2.75, 3.05) is 0 Å². The molecule has 0 bridgehead atoms. The van der Waals surface area contributed by atoms with Gasteiger partial charge in [0.25, 0.3) is 0 Å². The Morgan fingerprint density at radius 3 is 2.23 bits per heavy atom. The fourth-order valence-electron chi connectivity index (χ4n) is 1.19. The molecule has 0 aromatic carbocycles. The molecule has 0 aromatic heterocycles. The molecule has 2 atom stereocenters. The van der Waals surface area contributed by atoms with Crippen molar-refractivity contribution < 1.29 is 0 Å². The minimum Gasteiger partial charge on any atom is -0.461 e. The number of hydrogen-bond donors (Lipinski definition) is 0. The van der Waals surface area contributed by atoms with Crippen LogP contribution < -0.4 is 0 Å². The zero-order valence-corrected chi connectivity index (χ0v) is 9.59. The van der Waals surface area contributed by atoms with E-state index in [1.807, 2.05) is 0 Å². The van der Waals surface area contributed by atoms with E-state index in [0.29, 0.717) is 17.3 Å². The molecule has 1 heteroatoms. The first-order valence-corrected chi connectivity index (χ1v) is 5.06. The number of hydrogen-bond acceptors (Lipinski definition) is 0. The minimum absolute atomic E-state index is 0.423. The zero-order valence-electron chi connectivity index (χ0n) is 9.59. The maximum Gasteiger partial charge on any atom is -0.0380 e. The van der Waals surface area contributed by atoms with Gasteiger partial charge >= 0.3 is 0 Å². The van der Waals surface area contributed by atoms with Crippen molar-refractivity contribution in [1.82, 2.24) is 0 Å². The van der Waals surface area contributed by atoms with Crippen LogP contribution in [-0.4, -0.2) is 0 Å². The predicted octanol–water partition coefficient (Wildman–Crippen LogP) is 4.17. The van der Waals surface area contributed by atoms with E-state index < -0.39 is 0 Å². The largest absolute Gasteiger partial charge is 0.461 e. The van der Waals surface area contributed by atoms with E-state index in [9.17, 15) is 0 Å². The van der Waals surface area contributed by atoms with E-state index in [2.05, 4.69) is 39.5 Å². The average molecular weight is 180 g/mol. The summed E-state index contributed by atoms with van der Waals surface area (Å²) < 4.78 is 0. The lowest BCUT2D eigenvalue weighted by Crippen LogP contribution is -2.12. The average Bonchev–Trinajstić information content (AvgIpc) is 1.99. The molecule has 0 saturated carbocycles. The van der Waals surface area contributed by atoms with Crippen molar-refractivity contribution in [3.8, 4) is 0 Å². The molecule has 0 N–H and O–H groups in total. The second kappa shape index (κ2) is 5.17. The third kappa shape index (κ3) is 6.51. The molecule has 0 aromatic rings. The van der Waals surface area contributed by atoms with Gasteiger partial charge in [-0.1, -0.05) is 52.9 Å². The first-order valence-electron chi connectivity index (χ1n) is 5.06. The number of rotatable bonds is 4. The van der Waals surface area contributed by atoms with Gasteiger partial charge < -0.3 is 4.85 Å². The van der Waals surface area contributed by atoms with Crippen LogP contribution in [0.15, 0.2) is 0 Å². The Morgan fingerprint density at radius 2 is 1.85 bits per heavy atom. The first-order chi connectivity index (χ1) is 5.87. The fourth-order valence-corrected chi connectivity index (χ4v) is 1.19. The van der Waals surface area contributed by atoms with E-state index in [1.54, 1.807) is 6.54 Å². The van der Waals surface area contributed by atoms with Gasteiger partial charge in [-0.15, -0.1) is 0 Å². The minimum atomic E-state index is 0.423. The summed E-state index contributed by atoms with van der Waals surface area (Å²) in [5.41, 5.74) is 0.423.